The molecule has 2 aromatic heterocycles. The number of amides is 1. The van der Waals surface area contributed by atoms with E-state index in [0.29, 0.717) is 11.9 Å². The van der Waals surface area contributed by atoms with Crippen molar-refractivity contribution in [2.45, 2.75) is 32.6 Å². The second-order valence-corrected chi connectivity index (χ2v) is 7.86. The van der Waals surface area contributed by atoms with Crippen LogP contribution in [-0.2, 0) is 4.79 Å². The van der Waals surface area contributed by atoms with Crippen molar-refractivity contribution in [1.29, 1.82) is 0 Å². The van der Waals surface area contributed by atoms with Crippen molar-refractivity contribution >= 4 is 17.7 Å². The fourth-order valence-corrected chi connectivity index (χ4v) is 3.58. The largest absolute Gasteiger partial charge is 0.339 e. The molecule has 1 amide bonds. The molecule has 1 N–H and O–H groups in total. The van der Waals surface area contributed by atoms with Gasteiger partial charge in [0.1, 0.15) is 5.82 Å². The predicted molar refractivity (Wildman–Crippen MR) is 115 cm³/mol. The maximum absolute atomic E-state index is 12.5. The van der Waals surface area contributed by atoms with Crippen LogP contribution in [0.1, 0.15) is 35.7 Å². The number of likely N-dealkylation sites (N-methyl/N-ethyl adjacent to an activating group) is 1. The van der Waals surface area contributed by atoms with Gasteiger partial charge in [-0.05, 0) is 64.5 Å². The van der Waals surface area contributed by atoms with Crippen molar-refractivity contribution in [1.82, 2.24) is 24.8 Å². The Morgan fingerprint density at radius 3 is 2.76 bits per heavy atom. The van der Waals surface area contributed by atoms with Crippen LogP contribution in [0, 0.1) is 13.8 Å². The molecule has 0 spiro atoms. The topological polar surface area (TPSA) is 74.2 Å². The third-order valence-electron chi connectivity index (χ3n) is 4.94. The predicted octanol–water partition coefficient (Wildman–Crippen LogP) is 3.06. The molecule has 2 aromatic rings. The van der Waals surface area contributed by atoms with Gasteiger partial charge in [0.05, 0.1) is 0 Å². The van der Waals surface area contributed by atoms with Crippen LogP contribution in [0.4, 0.5) is 11.8 Å². The molecular weight excluding hydrogens is 364 g/mol. The summed E-state index contributed by atoms with van der Waals surface area (Å²) < 4.78 is 0. The van der Waals surface area contributed by atoms with Gasteiger partial charge in [0.2, 0.25) is 11.9 Å². The van der Waals surface area contributed by atoms with Crippen LogP contribution in [0.15, 0.2) is 36.5 Å². The van der Waals surface area contributed by atoms with Gasteiger partial charge in [-0.2, -0.15) is 0 Å². The maximum Gasteiger partial charge on any atom is 0.246 e. The Kier molecular flexibility index (Phi) is 6.93. The molecular formula is C22H30N6O. The van der Waals surface area contributed by atoms with Crippen molar-refractivity contribution in [3.63, 3.8) is 0 Å². The van der Waals surface area contributed by atoms with E-state index in [9.17, 15) is 4.79 Å². The Morgan fingerprint density at radius 1 is 1.28 bits per heavy atom. The van der Waals surface area contributed by atoms with Crippen LogP contribution < -0.4 is 5.32 Å². The van der Waals surface area contributed by atoms with E-state index in [2.05, 4.69) is 20.3 Å². The number of carbonyl (C=O) groups is 1. The van der Waals surface area contributed by atoms with E-state index < -0.39 is 0 Å². The summed E-state index contributed by atoms with van der Waals surface area (Å²) in [5.41, 5.74) is 3.02. The SMILES string of the molecule is Cc1cc(C)nc(Nc2cc([C@@H]3CCCN(C(=O)/C=C/CN(C)C)C3)ccn2)n1. The summed E-state index contributed by atoms with van der Waals surface area (Å²) in [7, 11) is 3.98. The molecule has 3 heterocycles. The number of nitrogens with one attached hydrogen (secondary N) is 1. The highest BCUT2D eigenvalue weighted by Crippen LogP contribution is 2.28. The normalized spacial score (nSPS) is 17.1. The monoisotopic (exact) mass is 394 g/mol. The first-order chi connectivity index (χ1) is 13.9. The molecule has 7 heteroatoms. The van der Waals surface area contributed by atoms with E-state index in [4.69, 9.17) is 0 Å². The molecule has 29 heavy (non-hydrogen) atoms. The van der Waals surface area contributed by atoms with E-state index in [1.54, 1.807) is 12.3 Å². The van der Waals surface area contributed by atoms with Crippen molar-refractivity contribution in [2.24, 2.45) is 0 Å². The fourth-order valence-electron chi connectivity index (χ4n) is 3.58. The minimum Gasteiger partial charge on any atom is -0.339 e. The quantitative estimate of drug-likeness (QED) is 0.759. The lowest BCUT2D eigenvalue weighted by molar-refractivity contribution is -0.127. The Morgan fingerprint density at radius 2 is 2.03 bits per heavy atom. The molecule has 0 aliphatic carbocycles. The van der Waals surface area contributed by atoms with E-state index >= 15 is 0 Å². The molecule has 7 nitrogen and oxygen atoms in total. The average Bonchev–Trinajstić information content (AvgIpc) is 2.67. The summed E-state index contributed by atoms with van der Waals surface area (Å²) in [5, 5.41) is 3.21. The van der Waals surface area contributed by atoms with Gasteiger partial charge in [-0.1, -0.05) is 6.08 Å². The zero-order valence-electron chi connectivity index (χ0n) is 17.7. The Hall–Kier alpha value is -2.80. The van der Waals surface area contributed by atoms with Gasteiger partial charge in [-0.3, -0.25) is 4.79 Å². The number of aromatic nitrogens is 3. The van der Waals surface area contributed by atoms with Crippen LogP contribution >= 0.6 is 0 Å². The number of piperidine rings is 1. The van der Waals surface area contributed by atoms with Gasteiger partial charge in [0.25, 0.3) is 0 Å². The van der Waals surface area contributed by atoms with Crippen LogP contribution in [-0.4, -0.2) is 64.4 Å². The zero-order valence-corrected chi connectivity index (χ0v) is 17.7. The number of rotatable bonds is 6. The Balaban J connectivity index is 1.68. The molecule has 1 aliphatic heterocycles. The van der Waals surface area contributed by atoms with Crippen LogP contribution in [0.5, 0.6) is 0 Å². The van der Waals surface area contributed by atoms with Crippen molar-refractivity contribution in [3.05, 3.63) is 53.5 Å². The van der Waals surface area contributed by atoms with Crippen LogP contribution in [0.3, 0.4) is 0 Å². The lowest BCUT2D eigenvalue weighted by Crippen LogP contribution is -2.38. The standard InChI is InChI=1S/C22H30N6O/c1-16-13-17(2)25-22(24-16)26-20-14-18(9-10-23-20)19-7-5-12-28(15-19)21(29)8-6-11-27(3)4/h6,8-10,13-14,19H,5,7,11-12,15H2,1-4H3,(H,23,24,25,26)/b8-6+/t19-/m1/s1. The molecule has 154 valence electrons. The summed E-state index contributed by atoms with van der Waals surface area (Å²) in [6.07, 6.45) is 7.49. The molecule has 1 saturated heterocycles. The van der Waals surface area contributed by atoms with Crippen LogP contribution in [0.25, 0.3) is 0 Å². The number of anilines is 2. The number of pyridine rings is 1. The van der Waals surface area contributed by atoms with E-state index in [1.165, 1.54) is 5.56 Å². The van der Waals surface area contributed by atoms with E-state index in [0.717, 1.165) is 49.7 Å². The van der Waals surface area contributed by atoms with Gasteiger partial charge in [-0.25, -0.2) is 15.0 Å². The number of nitrogens with zero attached hydrogens (tertiary/aromatic N) is 5. The highest BCUT2D eigenvalue weighted by molar-refractivity contribution is 5.87. The van der Waals surface area contributed by atoms with Gasteiger partial charge < -0.3 is 15.1 Å². The third-order valence-corrected chi connectivity index (χ3v) is 4.94. The molecule has 0 saturated carbocycles. The Bertz CT molecular complexity index is 859. The van der Waals surface area contributed by atoms with Crippen molar-refractivity contribution < 1.29 is 4.79 Å². The Labute approximate surface area is 172 Å². The second kappa shape index (κ2) is 9.60. The number of hydrogen-bond donors (Lipinski definition) is 1. The zero-order chi connectivity index (χ0) is 20.8. The first kappa shape index (κ1) is 20.9. The number of aryl methyl sites for hydroxylation is 2. The number of carbonyl (C=O) groups excluding carboxylic acids is 1. The first-order valence-corrected chi connectivity index (χ1v) is 10.1. The molecule has 0 aromatic carbocycles. The summed E-state index contributed by atoms with van der Waals surface area (Å²) in [6.45, 7) is 6.21. The molecule has 1 fully saturated rings. The van der Waals surface area contributed by atoms with Crippen molar-refractivity contribution in [3.8, 4) is 0 Å². The van der Waals surface area contributed by atoms with Crippen molar-refractivity contribution in [2.75, 3.05) is 39.0 Å². The minimum absolute atomic E-state index is 0.0904. The van der Waals surface area contributed by atoms with E-state index in [-0.39, 0.29) is 5.91 Å². The van der Waals surface area contributed by atoms with Gasteiger partial charge in [-0.15, -0.1) is 0 Å². The first-order valence-electron chi connectivity index (χ1n) is 10.1. The van der Waals surface area contributed by atoms with Gasteiger partial charge in [0, 0.05) is 49.2 Å². The fraction of sp³-hybridized carbons (Fsp3) is 0.455. The summed E-state index contributed by atoms with van der Waals surface area (Å²) in [4.78, 5) is 29.7. The van der Waals surface area contributed by atoms with Crippen LogP contribution in [0.2, 0.25) is 0 Å². The molecule has 0 unspecified atom stereocenters. The second-order valence-electron chi connectivity index (χ2n) is 7.86. The van der Waals surface area contributed by atoms with E-state index in [1.807, 2.05) is 62.0 Å². The summed E-state index contributed by atoms with van der Waals surface area (Å²) in [6, 6.07) is 6.02. The lowest BCUT2D eigenvalue weighted by atomic mass is 9.91. The smallest absolute Gasteiger partial charge is 0.246 e. The molecule has 0 radical (unpaired) electrons. The molecule has 3 rings (SSSR count). The molecule has 1 aliphatic rings. The lowest BCUT2D eigenvalue weighted by Gasteiger charge is -2.32. The minimum atomic E-state index is 0.0904. The van der Waals surface area contributed by atoms with Gasteiger partial charge in [0.15, 0.2) is 0 Å². The third kappa shape index (κ3) is 6.09. The molecule has 1 atom stereocenters. The molecule has 0 bridgehead atoms. The maximum atomic E-state index is 12.5. The highest BCUT2D eigenvalue weighted by atomic mass is 16.2. The summed E-state index contributed by atoms with van der Waals surface area (Å²) >= 11 is 0. The average molecular weight is 395 g/mol. The number of hydrogen-bond acceptors (Lipinski definition) is 6. The summed E-state index contributed by atoms with van der Waals surface area (Å²) in [5.74, 6) is 1.67. The van der Waals surface area contributed by atoms with Gasteiger partial charge >= 0.3 is 0 Å². The number of likely N-dealkylation sites (tertiary alicyclic amines) is 1. The highest BCUT2D eigenvalue weighted by Gasteiger charge is 2.24.